The van der Waals surface area contributed by atoms with Crippen LogP contribution in [0.4, 0.5) is 0 Å². The molecule has 2 rings (SSSR count). The van der Waals surface area contributed by atoms with Crippen molar-refractivity contribution in [1.82, 2.24) is 14.9 Å². The Hall–Kier alpha value is -0.870. The van der Waals surface area contributed by atoms with Gasteiger partial charge in [-0.05, 0) is 26.9 Å². The Bertz CT molecular complexity index is 333. The van der Waals surface area contributed by atoms with Gasteiger partial charge in [0.15, 0.2) is 0 Å². The molecular weight excluding hydrogens is 190 g/mol. The fraction of sp³-hybridized carbons (Fsp3) is 0.727. The summed E-state index contributed by atoms with van der Waals surface area (Å²) in [5.74, 6) is 1.06. The van der Waals surface area contributed by atoms with Crippen molar-refractivity contribution in [3.63, 3.8) is 0 Å². The van der Waals surface area contributed by atoms with E-state index in [-0.39, 0.29) is 6.10 Å². The van der Waals surface area contributed by atoms with Gasteiger partial charge in [-0.15, -0.1) is 0 Å². The lowest BCUT2D eigenvalue weighted by atomic mass is 9.99. The van der Waals surface area contributed by atoms with E-state index in [0.29, 0.717) is 0 Å². The minimum absolute atomic E-state index is 0.181. The number of aryl methyl sites for hydroxylation is 1. The first-order chi connectivity index (χ1) is 7.15. The predicted octanol–water partition coefficient (Wildman–Crippen LogP) is 0.363. The van der Waals surface area contributed by atoms with Crippen LogP contribution >= 0.6 is 0 Å². The first-order valence-corrected chi connectivity index (χ1v) is 5.54. The molecule has 0 aromatic carbocycles. The van der Waals surface area contributed by atoms with Crippen LogP contribution in [0.5, 0.6) is 0 Å². The van der Waals surface area contributed by atoms with Crippen molar-refractivity contribution in [3.8, 4) is 0 Å². The third-order valence-corrected chi connectivity index (χ3v) is 2.86. The third kappa shape index (κ3) is 2.58. The Labute approximate surface area is 90.3 Å². The van der Waals surface area contributed by atoms with Crippen LogP contribution in [0.3, 0.4) is 0 Å². The van der Waals surface area contributed by atoms with E-state index in [1.807, 2.05) is 0 Å². The molecule has 1 aromatic rings. The maximum atomic E-state index is 9.53. The summed E-state index contributed by atoms with van der Waals surface area (Å²) in [5.41, 5.74) is 2.30. The molecule has 1 aromatic heterocycles. The van der Waals surface area contributed by atoms with E-state index in [1.54, 1.807) is 0 Å². The van der Waals surface area contributed by atoms with Gasteiger partial charge in [-0.1, -0.05) is 0 Å². The zero-order chi connectivity index (χ0) is 10.8. The number of aliphatic hydroxyl groups is 1. The number of hydrogen-bond acceptors (Lipinski definition) is 3. The second-order valence-corrected chi connectivity index (χ2v) is 4.56. The van der Waals surface area contributed by atoms with Crippen LogP contribution < -0.4 is 0 Å². The number of nitrogens with one attached hydrogen (secondary N) is 1. The molecule has 0 saturated carbocycles. The largest absolute Gasteiger partial charge is 0.393 e. The van der Waals surface area contributed by atoms with Gasteiger partial charge in [-0.2, -0.15) is 0 Å². The molecule has 1 aliphatic rings. The maximum Gasteiger partial charge on any atom is 0.107 e. The van der Waals surface area contributed by atoms with E-state index in [9.17, 15) is 5.11 Å². The normalized spacial score (nSPS) is 20.7. The fourth-order valence-corrected chi connectivity index (χ4v) is 1.97. The van der Waals surface area contributed by atoms with Gasteiger partial charge in [0.1, 0.15) is 5.82 Å². The van der Waals surface area contributed by atoms with Crippen molar-refractivity contribution in [2.24, 2.45) is 0 Å². The van der Waals surface area contributed by atoms with Crippen LogP contribution in [0.15, 0.2) is 0 Å². The summed E-state index contributed by atoms with van der Waals surface area (Å²) in [5, 5.41) is 9.53. The second-order valence-electron chi connectivity index (χ2n) is 4.56. The summed E-state index contributed by atoms with van der Waals surface area (Å²) >= 11 is 0. The Morgan fingerprint density at radius 3 is 3.07 bits per heavy atom. The first-order valence-electron chi connectivity index (χ1n) is 5.54. The van der Waals surface area contributed by atoms with Crippen molar-refractivity contribution < 1.29 is 5.11 Å². The van der Waals surface area contributed by atoms with Crippen LogP contribution in [0.1, 0.15) is 23.6 Å². The molecule has 0 aliphatic heterocycles. The number of rotatable bonds is 3. The van der Waals surface area contributed by atoms with Gasteiger partial charge in [0.25, 0.3) is 0 Å². The maximum absolute atomic E-state index is 9.53. The Morgan fingerprint density at radius 1 is 1.53 bits per heavy atom. The number of aromatic nitrogens is 2. The Balaban J connectivity index is 2.03. The molecule has 1 atom stereocenters. The first kappa shape index (κ1) is 10.6. The van der Waals surface area contributed by atoms with E-state index >= 15 is 0 Å². The van der Waals surface area contributed by atoms with Gasteiger partial charge < -0.3 is 15.0 Å². The van der Waals surface area contributed by atoms with Crippen LogP contribution in [0.2, 0.25) is 0 Å². The molecule has 1 heterocycles. The van der Waals surface area contributed by atoms with E-state index in [0.717, 1.165) is 49.4 Å². The topological polar surface area (TPSA) is 52.2 Å². The summed E-state index contributed by atoms with van der Waals surface area (Å²) in [6, 6.07) is 0. The average molecular weight is 209 g/mol. The van der Waals surface area contributed by atoms with Crippen molar-refractivity contribution in [3.05, 3.63) is 17.2 Å². The highest BCUT2D eigenvalue weighted by atomic mass is 16.3. The van der Waals surface area contributed by atoms with E-state index in [1.165, 1.54) is 0 Å². The lowest BCUT2D eigenvalue weighted by molar-refractivity contribution is 0.157. The highest BCUT2D eigenvalue weighted by molar-refractivity contribution is 5.19. The zero-order valence-electron chi connectivity index (χ0n) is 9.45. The molecule has 0 bridgehead atoms. The molecule has 4 nitrogen and oxygen atoms in total. The summed E-state index contributed by atoms with van der Waals surface area (Å²) in [6.07, 6.45) is 3.28. The molecule has 0 amide bonds. The molecule has 0 spiro atoms. The minimum atomic E-state index is -0.181. The van der Waals surface area contributed by atoms with Gasteiger partial charge in [-0.25, -0.2) is 4.98 Å². The summed E-state index contributed by atoms with van der Waals surface area (Å²) < 4.78 is 0. The molecule has 4 heteroatoms. The third-order valence-electron chi connectivity index (χ3n) is 2.86. The van der Waals surface area contributed by atoms with Crippen molar-refractivity contribution >= 4 is 0 Å². The average Bonchev–Trinajstić information content (AvgIpc) is 2.56. The Morgan fingerprint density at radius 2 is 2.33 bits per heavy atom. The van der Waals surface area contributed by atoms with E-state index < -0.39 is 0 Å². The number of likely N-dealkylation sites (N-methyl/N-ethyl adjacent to an activating group) is 1. The van der Waals surface area contributed by atoms with Crippen LogP contribution in [0.25, 0.3) is 0 Å². The second kappa shape index (κ2) is 4.33. The molecule has 0 fully saturated rings. The molecule has 2 N–H and O–H groups in total. The van der Waals surface area contributed by atoms with Crippen LogP contribution in [0, 0.1) is 0 Å². The number of hydrogen-bond donors (Lipinski definition) is 2. The smallest absolute Gasteiger partial charge is 0.107 e. The molecular formula is C11H19N3O. The summed E-state index contributed by atoms with van der Waals surface area (Å²) in [6.45, 7) is 1.01. The Kier molecular flexibility index (Phi) is 3.07. The number of aliphatic hydroxyl groups excluding tert-OH is 1. The van der Waals surface area contributed by atoms with Gasteiger partial charge >= 0.3 is 0 Å². The van der Waals surface area contributed by atoms with E-state index in [2.05, 4.69) is 29.0 Å². The highest BCUT2D eigenvalue weighted by Crippen LogP contribution is 2.19. The summed E-state index contributed by atoms with van der Waals surface area (Å²) in [4.78, 5) is 10.0. The number of imidazole rings is 1. The van der Waals surface area contributed by atoms with Gasteiger partial charge in [0.05, 0.1) is 11.8 Å². The van der Waals surface area contributed by atoms with Gasteiger partial charge in [-0.3, -0.25) is 0 Å². The van der Waals surface area contributed by atoms with Gasteiger partial charge in [0.2, 0.25) is 0 Å². The van der Waals surface area contributed by atoms with Crippen molar-refractivity contribution in [2.45, 2.75) is 31.8 Å². The molecule has 1 aliphatic carbocycles. The SMILES string of the molecule is CN(C)CCc1nc2c([nH]1)CC(O)CC2. The molecule has 1 unspecified atom stereocenters. The highest BCUT2D eigenvalue weighted by Gasteiger charge is 2.19. The lowest BCUT2D eigenvalue weighted by Crippen LogP contribution is -2.18. The number of nitrogens with zero attached hydrogens (tertiary/aromatic N) is 2. The van der Waals surface area contributed by atoms with Crippen LogP contribution in [-0.4, -0.2) is 46.7 Å². The number of fused-ring (bicyclic) bond motifs is 1. The minimum Gasteiger partial charge on any atom is -0.393 e. The standard InChI is InChI=1S/C11H19N3O/c1-14(2)6-5-11-12-9-4-3-8(15)7-10(9)13-11/h8,15H,3-7H2,1-2H3,(H,12,13). The van der Waals surface area contributed by atoms with Crippen LogP contribution in [-0.2, 0) is 19.3 Å². The molecule has 0 saturated heterocycles. The van der Waals surface area contributed by atoms with Gasteiger partial charge in [0, 0.05) is 25.1 Å². The quantitative estimate of drug-likeness (QED) is 0.756. The lowest BCUT2D eigenvalue weighted by Gasteiger charge is -2.14. The number of aromatic amines is 1. The monoisotopic (exact) mass is 209 g/mol. The molecule has 84 valence electrons. The summed E-state index contributed by atoms with van der Waals surface area (Å²) in [7, 11) is 4.12. The van der Waals surface area contributed by atoms with E-state index in [4.69, 9.17) is 0 Å². The predicted molar refractivity (Wildman–Crippen MR) is 58.9 cm³/mol. The van der Waals surface area contributed by atoms with Crippen molar-refractivity contribution in [2.75, 3.05) is 20.6 Å². The zero-order valence-corrected chi connectivity index (χ0v) is 9.45. The molecule has 15 heavy (non-hydrogen) atoms. The van der Waals surface area contributed by atoms with Crippen molar-refractivity contribution in [1.29, 1.82) is 0 Å². The molecule has 0 radical (unpaired) electrons. The number of H-pyrrole nitrogens is 1. The fourth-order valence-electron chi connectivity index (χ4n) is 1.97.